The molecule has 0 aliphatic carbocycles. The molecule has 0 radical (unpaired) electrons. The second-order valence-electron chi connectivity index (χ2n) is 4.70. The van der Waals surface area contributed by atoms with E-state index in [1.165, 1.54) is 12.1 Å². The van der Waals surface area contributed by atoms with Crippen LogP contribution in [0.4, 0.5) is 13.2 Å². The number of para-hydroxylation sites is 2. The third kappa shape index (κ3) is 5.21. The van der Waals surface area contributed by atoms with Crippen LogP contribution in [0.1, 0.15) is 15.9 Å². The molecule has 0 aromatic heterocycles. The number of hydrogen-bond acceptors (Lipinski definition) is 3. The van der Waals surface area contributed by atoms with Crippen molar-refractivity contribution < 1.29 is 27.4 Å². The van der Waals surface area contributed by atoms with E-state index in [0.717, 1.165) is 5.56 Å². The van der Waals surface area contributed by atoms with E-state index in [1.807, 2.05) is 0 Å². The van der Waals surface area contributed by atoms with Gasteiger partial charge in [0.2, 0.25) is 5.91 Å². The molecule has 2 aromatic carbocycles. The Bertz CT molecular complexity index is 669. The molecule has 0 heterocycles. The summed E-state index contributed by atoms with van der Waals surface area (Å²) in [6, 6.07) is 12.5. The highest BCUT2D eigenvalue weighted by atomic mass is 19.4. The first-order valence-corrected chi connectivity index (χ1v) is 6.65. The Morgan fingerprint density at radius 1 is 0.957 bits per heavy atom. The van der Waals surface area contributed by atoms with Crippen molar-refractivity contribution in [3.8, 4) is 11.5 Å². The van der Waals surface area contributed by atoms with E-state index in [2.05, 4.69) is 0 Å². The van der Waals surface area contributed by atoms with Gasteiger partial charge in [0.1, 0.15) is 6.61 Å². The smallest absolute Gasteiger partial charge is 0.422 e. The number of hydrogen-bond donors (Lipinski definition) is 1. The first-order valence-electron chi connectivity index (χ1n) is 6.65. The van der Waals surface area contributed by atoms with Crippen LogP contribution in [-0.2, 0) is 6.61 Å². The normalized spacial score (nSPS) is 11.1. The minimum atomic E-state index is -4.42. The van der Waals surface area contributed by atoms with Crippen LogP contribution < -0.4 is 15.2 Å². The number of benzene rings is 2. The van der Waals surface area contributed by atoms with Gasteiger partial charge in [-0.3, -0.25) is 4.79 Å². The average molecular weight is 325 g/mol. The van der Waals surface area contributed by atoms with Gasteiger partial charge < -0.3 is 15.2 Å². The number of amides is 1. The summed E-state index contributed by atoms with van der Waals surface area (Å²) in [6.45, 7) is -1.27. The second kappa shape index (κ2) is 7.04. The fourth-order valence-corrected chi connectivity index (χ4v) is 1.77. The number of halogens is 3. The molecule has 0 spiro atoms. The van der Waals surface area contributed by atoms with Crippen molar-refractivity contribution in [2.75, 3.05) is 6.61 Å². The van der Waals surface area contributed by atoms with Gasteiger partial charge in [-0.15, -0.1) is 0 Å². The standard InChI is InChI=1S/C16H14F3NO3/c17-16(18,19)10-23-14-4-2-1-3-13(14)22-9-11-5-7-12(8-6-11)15(20)21/h1-8H,9-10H2,(H2,20,21). The Hall–Kier alpha value is -2.70. The number of primary amides is 1. The lowest BCUT2D eigenvalue weighted by molar-refractivity contribution is -0.153. The van der Waals surface area contributed by atoms with Gasteiger partial charge in [-0.25, -0.2) is 0 Å². The SMILES string of the molecule is NC(=O)c1ccc(COc2ccccc2OCC(F)(F)F)cc1. The van der Waals surface area contributed by atoms with Gasteiger partial charge in [-0.05, 0) is 29.8 Å². The molecule has 2 aromatic rings. The number of rotatable bonds is 6. The summed E-state index contributed by atoms with van der Waals surface area (Å²) in [5.41, 5.74) is 6.24. The lowest BCUT2D eigenvalue weighted by Crippen LogP contribution is -2.19. The molecule has 4 nitrogen and oxygen atoms in total. The summed E-state index contributed by atoms with van der Waals surface area (Å²) in [4.78, 5) is 11.0. The van der Waals surface area contributed by atoms with Crippen molar-refractivity contribution in [3.63, 3.8) is 0 Å². The van der Waals surface area contributed by atoms with E-state index in [1.54, 1.807) is 36.4 Å². The van der Waals surface area contributed by atoms with Crippen molar-refractivity contribution >= 4 is 5.91 Å². The van der Waals surface area contributed by atoms with Crippen LogP contribution in [0.3, 0.4) is 0 Å². The molecule has 1 amide bonds. The van der Waals surface area contributed by atoms with Gasteiger partial charge in [-0.2, -0.15) is 13.2 Å². The Morgan fingerprint density at radius 2 is 1.52 bits per heavy atom. The predicted molar refractivity (Wildman–Crippen MR) is 77.3 cm³/mol. The van der Waals surface area contributed by atoms with E-state index in [4.69, 9.17) is 15.2 Å². The van der Waals surface area contributed by atoms with Crippen LogP contribution in [0.5, 0.6) is 11.5 Å². The second-order valence-corrected chi connectivity index (χ2v) is 4.70. The van der Waals surface area contributed by atoms with Gasteiger partial charge >= 0.3 is 6.18 Å². The van der Waals surface area contributed by atoms with Crippen molar-refractivity contribution in [2.24, 2.45) is 5.73 Å². The van der Waals surface area contributed by atoms with Crippen molar-refractivity contribution in [1.29, 1.82) is 0 Å². The third-order valence-electron chi connectivity index (χ3n) is 2.87. The number of carbonyl (C=O) groups excluding carboxylic acids is 1. The molecule has 0 aliphatic rings. The summed E-state index contributed by atoms with van der Waals surface area (Å²) >= 11 is 0. The minimum Gasteiger partial charge on any atom is -0.485 e. The topological polar surface area (TPSA) is 61.6 Å². The van der Waals surface area contributed by atoms with Gasteiger partial charge in [0.25, 0.3) is 0 Å². The van der Waals surface area contributed by atoms with E-state index in [-0.39, 0.29) is 18.1 Å². The summed E-state index contributed by atoms with van der Waals surface area (Å²) in [6.07, 6.45) is -4.42. The monoisotopic (exact) mass is 325 g/mol. The fourth-order valence-electron chi connectivity index (χ4n) is 1.77. The molecule has 122 valence electrons. The summed E-state index contributed by atoms with van der Waals surface area (Å²) in [5, 5.41) is 0. The number of nitrogens with two attached hydrogens (primary N) is 1. The molecule has 0 saturated heterocycles. The molecule has 0 aliphatic heterocycles. The maximum atomic E-state index is 12.2. The van der Waals surface area contributed by atoms with Crippen LogP contribution in [0.2, 0.25) is 0 Å². The molecule has 0 unspecified atom stereocenters. The maximum absolute atomic E-state index is 12.2. The van der Waals surface area contributed by atoms with Crippen molar-refractivity contribution in [3.05, 3.63) is 59.7 Å². The zero-order valence-electron chi connectivity index (χ0n) is 12.0. The summed E-state index contributed by atoms with van der Waals surface area (Å²) in [7, 11) is 0. The van der Waals surface area contributed by atoms with E-state index in [0.29, 0.717) is 5.56 Å². The van der Waals surface area contributed by atoms with Crippen LogP contribution >= 0.6 is 0 Å². The summed E-state index contributed by atoms with van der Waals surface area (Å²) in [5.74, 6) is -0.322. The first kappa shape index (κ1) is 16.7. The average Bonchev–Trinajstić information content (AvgIpc) is 2.51. The molecule has 2 N–H and O–H groups in total. The van der Waals surface area contributed by atoms with Crippen LogP contribution in [-0.4, -0.2) is 18.7 Å². The molecule has 0 saturated carbocycles. The number of alkyl halides is 3. The minimum absolute atomic E-state index is 0.0126. The molecular formula is C16H14F3NO3. The Balaban J connectivity index is 2.01. The third-order valence-corrected chi connectivity index (χ3v) is 2.87. The van der Waals surface area contributed by atoms with Crippen molar-refractivity contribution in [2.45, 2.75) is 12.8 Å². The molecule has 0 atom stereocenters. The van der Waals surface area contributed by atoms with Crippen LogP contribution in [0.15, 0.2) is 48.5 Å². The number of carbonyl (C=O) groups is 1. The first-order chi connectivity index (χ1) is 10.8. The molecule has 0 fully saturated rings. The number of ether oxygens (including phenoxy) is 2. The largest absolute Gasteiger partial charge is 0.485 e. The van der Waals surface area contributed by atoms with Crippen LogP contribution in [0, 0.1) is 0 Å². The predicted octanol–water partition coefficient (Wildman–Crippen LogP) is 3.31. The maximum Gasteiger partial charge on any atom is 0.422 e. The summed E-state index contributed by atoms with van der Waals surface area (Å²) < 4.78 is 46.9. The highest BCUT2D eigenvalue weighted by Gasteiger charge is 2.28. The molecule has 23 heavy (non-hydrogen) atoms. The van der Waals surface area contributed by atoms with Gasteiger partial charge in [0.05, 0.1) is 0 Å². The zero-order chi connectivity index (χ0) is 16.9. The molecule has 2 rings (SSSR count). The lowest BCUT2D eigenvalue weighted by atomic mass is 10.1. The highest BCUT2D eigenvalue weighted by molar-refractivity contribution is 5.92. The van der Waals surface area contributed by atoms with Gasteiger partial charge in [0, 0.05) is 5.56 Å². The Morgan fingerprint density at radius 3 is 2.04 bits per heavy atom. The molecular weight excluding hydrogens is 311 g/mol. The fraction of sp³-hybridized carbons (Fsp3) is 0.188. The zero-order valence-corrected chi connectivity index (χ0v) is 12.0. The van der Waals surface area contributed by atoms with Gasteiger partial charge in [0.15, 0.2) is 18.1 Å². The Labute approximate surface area is 130 Å². The lowest BCUT2D eigenvalue weighted by Gasteiger charge is -2.14. The van der Waals surface area contributed by atoms with E-state index < -0.39 is 18.7 Å². The molecule has 7 heteroatoms. The Kier molecular flexibility index (Phi) is 5.10. The molecule has 0 bridgehead atoms. The van der Waals surface area contributed by atoms with E-state index >= 15 is 0 Å². The van der Waals surface area contributed by atoms with E-state index in [9.17, 15) is 18.0 Å². The van der Waals surface area contributed by atoms with Gasteiger partial charge in [-0.1, -0.05) is 24.3 Å². The van der Waals surface area contributed by atoms with Crippen molar-refractivity contribution in [1.82, 2.24) is 0 Å². The highest BCUT2D eigenvalue weighted by Crippen LogP contribution is 2.29. The quantitative estimate of drug-likeness (QED) is 0.886. The van der Waals surface area contributed by atoms with Crippen LogP contribution in [0.25, 0.3) is 0 Å².